The van der Waals surface area contributed by atoms with Crippen LogP contribution in [0.3, 0.4) is 0 Å². The molecule has 0 aromatic carbocycles. The van der Waals surface area contributed by atoms with Gasteiger partial charge in [-0.15, -0.1) is 0 Å². The second kappa shape index (κ2) is 5.53. The lowest BCUT2D eigenvalue weighted by molar-refractivity contribution is 0.353. The molecule has 0 amide bonds. The number of hydrogen-bond acceptors (Lipinski definition) is 2. The molecule has 1 aliphatic rings. The van der Waals surface area contributed by atoms with Crippen LogP contribution in [0, 0.1) is 11.8 Å². The van der Waals surface area contributed by atoms with E-state index >= 15 is 0 Å². The Morgan fingerprint density at radius 2 is 2.38 bits per heavy atom. The van der Waals surface area contributed by atoms with Gasteiger partial charge in [0.15, 0.2) is 0 Å². The zero-order valence-corrected chi connectivity index (χ0v) is 10.4. The van der Waals surface area contributed by atoms with Crippen molar-refractivity contribution in [1.82, 2.24) is 5.32 Å². The molecule has 1 saturated carbocycles. The summed E-state index contributed by atoms with van der Waals surface area (Å²) in [5, 5.41) is 3.64. The van der Waals surface area contributed by atoms with Gasteiger partial charge in [-0.3, -0.25) is 0 Å². The van der Waals surface area contributed by atoms with Gasteiger partial charge in [-0.05, 0) is 49.3 Å². The summed E-state index contributed by atoms with van der Waals surface area (Å²) in [7, 11) is 0. The Kier molecular flexibility index (Phi) is 4.05. The molecule has 2 rings (SSSR count). The average Bonchev–Trinajstić information content (AvgIpc) is 2.88. The molecule has 0 radical (unpaired) electrons. The van der Waals surface area contributed by atoms with E-state index in [0.29, 0.717) is 6.04 Å². The highest BCUT2D eigenvalue weighted by Gasteiger charge is 2.28. The van der Waals surface area contributed by atoms with Crippen LogP contribution >= 0.6 is 0 Å². The highest BCUT2D eigenvalue weighted by Crippen LogP contribution is 2.33. The van der Waals surface area contributed by atoms with Gasteiger partial charge < -0.3 is 9.73 Å². The van der Waals surface area contributed by atoms with E-state index < -0.39 is 0 Å². The van der Waals surface area contributed by atoms with E-state index in [9.17, 15) is 0 Å². The lowest BCUT2D eigenvalue weighted by Gasteiger charge is -2.24. The summed E-state index contributed by atoms with van der Waals surface area (Å²) in [5.41, 5.74) is 1.32. The Bertz CT molecular complexity index is 294. The summed E-state index contributed by atoms with van der Waals surface area (Å²) in [5.74, 6) is 1.76. The first-order valence-corrected chi connectivity index (χ1v) is 6.54. The van der Waals surface area contributed by atoms with Crippen molar-refractivity contribution >= 4 is 0 Å². The number of hydrogen-bond donors (Lipinski definition) is 1. The molecule has 3 atom stereocenters. The third kappa shape index (κ3) is 2.88. The van der Waals surface area contributed by atoms with Crippen molar-refractivity contribution in [2.45, 2.75) is 45.6 Å². The minimum atomic E-state index is 0.632. The SMILES string of the molecule is CCNC(Cc1ccoc1)C1CCC(C)C1. The highest BCUT2D eigenvalue weighted by atomic mass is 16.3. The van der Waals surface area contributed by atoms with Crippen molar-refractivity contribution in [3.63, 3.8) is 0 Å². The zero-order valence-electron chi connectivity index (χ0n) is 10.4. The molecule has 1 fully saturated rings. The van der Waals surface area contributed by atoms with Crippen LogP contribution in [0.2, 0.25) is 0 Å². The summed E-state index contributed by atoms with van der Waals surface area (Å²) >= 11 is 0. The fraction of sp³-hybridized carbons (Fsp3) is 0.714. The Labute approximate surface area is 98.4 Å². The third-order valence-electron chi connectivity index (χ3n) is 3.81. The number of rotatable bonds is 5. The summed E-state index contributed by atoms with van der Waals surface area (Å²) in [6.45, 7) is 5.63. The fourth-order valence-corrected chi connectivity index (χ4v) is 2.95. The lowest BCUT2D eigenvalue weighted by atomic mass is 9.92. The topological polar surface area (TPSA) is 25.2 Å². The van der Waals surface area contributed by atoms with Crippen LogP contribution < -0.4 is 5.32 Å². The van der Waals surface area contributed by atoms with Crippen molar-refractivity contribution < 1.29 is 4.42 Å². The van der Waals surface area contributed by atoms with E-state index in [-0.39, 0.29) is 0 Å². The monoisotopic (exact) mass is 221 g/mol. The van der Waals surface area contributed by atoms with Gasteiger partial charge in [-0.1, -0.05) is 20.3 Å². The first-order valence-electron chi connectivity index (χ1n) is 6.54. The summed E-state index contributed by atoms with van der Waals surface area (Å²) in [6.07, 6.45) is 8.93. The Morgan fingerprint density at radius 1 is 1.50 bits per heavy atom. The molecule has 0 aliphatic heterocycles. The molecule has 1 aliphatic carbocycles. The molecule has 2 nitrogen and oxygen atoms in total. The maximum atomic E-state index is 5.15. The summed E-state index contributed by atoms with van der Waals surface area (Å²) in [6, 6.07) is 2.72. The highest BCUT2D eigenvalue weighted by molar-refractivity contribution is 5.08. The Hall–Kier alpha value is -0.760. The average molecular weight is 221 g/mol. The van der Waals surface area contributed by atoms with Crippen LogP contribution in [-0.2, 0) is 6.42 Å². The number of likely N-dealkylation sites (N-methyl/N-ethyl adjacent to an activating group) is 1. The molecule has 0 spiro atoms. The molecule has 0 saturated heterocycles. The Morgan fingerprint density at radius 3 is 2.94 bits per heavy atom. The van der Waals surface area contributed by atoms with Crippen LogP contribution in [0.1, 0.15) is 38.7 Å². The second-order valence-electron chi connectivity index (χ2n) is 5.18. The number of nitrogens with one attached hydrogen (secondary N) is 1. The largest absolute Gasteiger partial charge is 0.472 e. The van der Waals surface area contributed by atoms with Gasteiger partial charge >= 0.3 is 0 Å². The minimum Gasteiger partial charge on any atom is -0.472 e. The molecular weight excluding hydrogens is 198 g/mol. The van der Waals surface area contributed by atoms with Gasteiger partial charge in [-0.25, -0.2) is 0 Å². The molecule has 1 aromatic heterocycles. The molecule has 1 N–H and O–H groups in total. The molecule has 16 heavy (non-hydrogen) atoms. The molecule has 2 heteroatoms. The van der Waals surface area contributed by atoms with Crippen LogP contribution in [-0.4, -0.2) is 12.6 Å². The van der Waals surface area contributed by atoms with E-state index in [1.165, 1.54) is 24.8 Å². The van der Waals surface area contributed by atoms with E-state index in [4.69, 9.17) is 4.42 Å². The molecule has 1 aromatic rings. The van der Waals surface area contributed by atoms with E-state index in [0.717, 1.165) is 24.8 Å². The molecular formula is C14H23NO. The van der Waals surface area contributed by atoms with Crippen LogP contribution in [0.4, 0.5) is 0 Å². The van der Waals surface area contributed by atoms with Crippen molar-refractivity contribution in [2.75, 3.05) is 6.54 Å². The van der Waals surface area contributed by atoms with Crippen molar-refractivity contribution in [3.8, 4) is 0 Å². The first-order chi connectivity index (χ1) is 7.79. The Balaban J connectivity index is 1.94. The number of furan rings is 1. The smallest absolute Gasteiger partial charge is 0.0935 e. The van der Waals surface area contributed by atoms with Gasteiger partial charge in [0.25, 0.3) is 0 Å². The maximum Gasteiger partial charge on any atom is 0.0935 e. The predicted octanol–water partition coefficient (Wildman–Crippen LogP) is 3.24. The maximum absolute atomic E-state index is 5.15. The van der Waals surface area contributed by atoms with E-state index in [1.54, 1.807) is 6.26 Å². The lowest BCUT2D eigenvalue weighted by Crippen LogP contribution is -2.37. The summed E-state index contributed by atoms with van der Waals surface area (Å²) in [4.78, 5) is 0. The molecule has 90 valence electrons. The van der Waals surface area contributed by atoms with Gasteiger partial charge in [0.05, 0.1) is 12.5 Å². The van der Waals surface area contributed by atoms with Crippen molar-refractivity contribution in [3.05, 3.63) is 24.2 Å². The molecule has 3 unspecified atom stereocenters. The van der Waals surface area contributed by atoms with Crippen LogP contribution in [0.25, 0.3) is 0 Å². The quantitative estimate of drug-likeness (QED) is 0.825. The van der Waals surface area contributed by atoms with Gasteiger partial charge in [-0.2, -0.15) is 0 Å². The van der Waals surface area contributed by atoms with E-state index in [1.807, 2.05) is 6.26 Å². The first kappa shape index (κ1) is 11.7. The standard InChI is InChI=1S/C14H23NO/c1-3-15-14(9-12-6-7-16-10-12)13-5-4-11(2)8-13/h6-7,10-11,13-15H,3-5,8-9H2,1-2H3. The predicted molar refractivity (Wildman–Crippen MR) is 66.4 cm³/mol. The third-order valence-corrected chi connectivity index (χ3v) is 3.81. The fourth-order valence-electron chi connectivity index (χ4n) is 2.95. The van der Waals surface area contributed by atoms with Gasteiger partial charge in [0.2, 0.25) is 0 Å². The second-order valence-corrected chi connectivity index (χ2v) is 5.18. The van der Waals surface area contributed by atoms with Crippen molar-refractivity contribution in [1.29, 1.82) is 0 Å². The minimum absolute atomic E-state index is 0.632. The van der Waals surface area contributed by atoms with Gasteiger partial charge in [0, 0.05) is 6.04 Å². The van der Waals surface area contributed by atoms with Gasteiger partial charge in [0.1, 0.15) is 0 Å². The molecule has 1 heterocycles. The summed E-state index contributed by atoms with van der Waals surface area (Å²) < 4.78 is 5.15. The normalized spacial score (nSPS) is 27.1. The van der Waals surface area contributed by atoms with Crippen LogP contribution in [0.15, 0.2) is 23.0 Å². The van der Waals surface area contributed by atoms with E-state index in [2.05, 4.69) is 25.2 Å². The van der Waals surface area contributed by atoms with Crippen LogP contribution in [0.5, 0.6) is 0 Å². The van der Waals surface area contributed by atoms with Crippen molar-refractivity contribution in [2.24, 2.45) is 11.8 Å². The zero-order chi connectivity index (χ0) is 11.4. The molecule has 0 bridgehead atoms.